The van der Waals surface area contributed by atoms with Gasteiger partial charge in [-0.05, 0) is 25.5 Å². The van der Waals surface area contributed by atoms with Crippen molar-refractivity contribution in [1.29, 1.82) is 0 Å². The Labute approximate surface area is 149 Å². The Bertz CT molecular complexity index is 590. The normalized spacial score (nSPS) is 13.8. The van der Waals surface area contributed by atoms with E-state index in [1.54, 1.807) is 0 Å². The third-order valence-corrected chi connectivity index (χ3v) is 3.54. The van der Waals surface area contributed by atoms with Crippen molar-refractivity contribution in [1.82, 2.24) is 10.6 Å². The van der Waals surface area contributed by atoms with Gasteiger partial charge in [-0.25, -0.2) is 0 Å². The molecule has 0 aromatic heterocycles. The highest BCUT2D eigenvalue weighted by molar-refractivity contribution is 5.94. The van der Waals surface area contributed by atoms with Gasteiger partial charge in [0.1, 0.15) is 0 Å². The lowest BCUT2D eigenvalue weighted by Crippen LogP contribution is -2.31. The molecule has 1 aromatic rings. The van der Waals surface area contributed by atoms with Gasteiger partial charge in [0, 0.05) is 37.7 Å². The minimum Gasteiger partial charge on any atom is -0.490 e. The van der Waals surface area contributed by atoms with Crippen LogP contribution >= 0.6 is 0 Å². The van der Waals surface area contributed by atoms with Gasteiger partial charge in [-0.1, -0.05) is 6.92 Å². The fourth-order valence-corrected chi connectivity index (χ4v) is 2.31. The van der Waals surface area contributed by atoms with Crippen molar-refractivity contribution in [2.24, 2.45) is 4.99 Å². The lowest BCUT2D eigenvalue weighted by Gasteiger charge is -2.13. The maximum atomic E-state index is 11.6. The highest BCUT2D eigenvalue weighted by Gasteiger charge is 2.11. The molecule has 1 aliphatic rings. The summed E-state index contributed by atoms with van der Waals surface area (Å²) in [6.07, 6.45) is 2.18. The summed E-state index contributed by atoms with van der Waals surface area (Å²) >= 11 is 0. The zero-order valence-corrected chi connectivity index (χ0v) is 15.1. The van der Waals surface area contributed by atoms with Crippen LogP contribution in [0.25, 0.3) is 0 Å². The number of fused-ring (bicyclic) bond motifs is 1. The van der Waals surface area contributed by atoms with Crippen molar-refractivity contribution in [3.8, 4) is 11.5 Å². The minimum atomic E-state index is 0.0250. The van der Waals surface area contributed by atoms with Gasteiger partial charge in [-0.3, -0.25) is 9.79 Å². The van der Waals surface area contributed by atoms with Crippen LogP contribution in [0.2, 0.25) is 0 Å². The summed E-state index contributed by atoms with van der Waals surface area (Å²) < 4.78 is 11.3. The molecule has 0 spiro atoms. The first-order valence-corrected chi connectivity index (χ1v) is 8.94. The number of hydrogen-bond acceptors (Lipinski definition) is 4. The van der Waals surface area contributed by atoms with Gasteiger partial charge in [-0.2, -0.15) is 0 Å². The summed E-state index contributed by atoms with van der Waals surface area (Å²) in [4.78, 5) is 16.1. The van der Waals surface area contributed by atoms with Crippen molar-refractivity contribution in [2.45, 2.75) is 33.1 Å². The van der Waals surface area contributed by atoms with E-state index >= 15 is 0 Å². The number of rotatable bonds is 7. The molecule has 0 saturated heterocycles. The molecule has 1 amide bonds. The Kier molecular flexibility index (Phi) is 7.88. The molecule has 25 heavy (non-hydrogen) atoms. The SMILES string of the molecule is CCCNC(=O)CCN=C(NCC)Nc1ccc2c(c1)OCCCO2. The van der Waals surface area contributed by atoms with E-state index in [0.717, 1.165) is 36.6 Å². The molecule has 1 aliphatic heterocycles. The molecule has 1 heterocycles. The van der Waals surface area contributed by atoms with Gasteiger partial charge in [-0.15, -0.1) is 0 Å². The molecule has 0 unspecified atom stereocenters. The molecule has 7 heteroatoms. The lowest BCUT2D eigenvalue weighted by atomic mass is 10.2. The van der Waals surface area contributed by atoms with Crippen molar-refractivity contribution in [2.75, 3.05) is 38.2 Å². The smallest absolute Gasteiger partial charge is 0.221 e. The molecule has 1 aromatic carbocycles. The molecule has 0 radical (unpaired) electrons. The number of hydrogen-bond donors (Lipinski definition) is 3. The maximum Gasteiger partial charge on any atom is 0.221 e. The fraction of sp³-hybridized carbons (Fsp3) is 0.556. The molecular weight excluding hydrogens is 320 g/mol. The van der Waals surface area contributed by atoms with Gasteiger partial charge in [0.25, 0.3) is 0 Å². The quantitative estimate of drug-likeness (QED) is 0.519. The predicted molar refractivity (Wildman–Crippen MR) is 99.6 cm³/mol. The van der Waals surface area contributed by atoms with Crippen molar-refractivity contribution in [3.63, 3.8) is 0 Å². The standard InChI is InChI=1S/C18H28N4O3/c1-3-9-20-17(23)8-10-21-18(19-4-2)22-14-6-7-15-16(13-14)25-12-5-11-24-15/h6-7,13H,3-5,8-12H2,1-2H3,(H,20,23)(H2,19,21,22). The summed E-state index contributed by atoms with van der Waals surface area (Å²) in [5.74, 6) is 2.16. The molecule has 0 atom stereocenters. The number of carbonyl (C=O) groups is 1. The Morgan fingerprint density at radius 1 is 1.16 bits per heavy atom. The summed E-state index contributed by atoms with van der Waals surface area (Å²) in [5, 5.41) is 9.26. The second-order valence-corrected chi connectivity index (χ2v) is 5.70. The van der Waals surface area contributed by atoms with Crippen molar-refractivity contribution >= 4 is 17.6 Å². The maximum absolute atomic E-state index is 11.6. The van der Waals surface area contributed by atoms with E-state index < -0.39 is 0 Å². The highest BCUT2D eigenvalue weighted by Crippen LogP contribution is 2.32. The van der Waals surface area contributed by atoms with Crippen LogP contribution in [0.15, 0.2) is 23.2 Å². The van der Waals surface area contributed by atoms with Crippen LogP contribution in [-0.4, -0.2) is 44.7 Å². The van der Waals surface area contributed by atoms with Crippen molar-refractivity contribution < 1.29 is 14.3 Å². The van der Waals surface area contributed by atoms with E-state index in [1.165, 1.54) is 0 Å². The number of aliphatic imine (C=N–C) groups is 1. The highest BCUT2D eigenvalue weighted by atomic mass is 16.5. The number of amides is 1. The number of guanidine groups is 1. The Balaban J connectivity index is 1.95. The summed E-state index contributed by atoms with van der Waals surface area (Å²) in [7, 11) is 0. The number of ether oxygens (including phenoxy) is 2. The van der Waals surface area contributed by atoms with Crippen LogP contribution in [0.1, 0.15) is 33.1 Å². The zero-order valence-electron chi connectivity index (χ0n) is 15.1. The van der Waals surface area contributed by atoms with E-state index in [-0.39, 0.29) is 5.91 Å². The molecule has 7 nitrogen and oxygen atoms in total. The number of nitrogens with one attached hydrogen (secondary N) is 3. The van der Waals surface area contributed by atoms with E-state index in [1.807, 2.05) is 32.0 Å². The average molecular weight is 348 g/mol. The van der Waals surface area contributed by atoms with Gasteiger partial charge >= 0.3 is 0 Å². The number of carbonyl (C=O) groups excluding carboxylic acids is 1. The Hall–Kier alpha value is -2.44. The number of anilines is 1. The van der Waals surface area contributed by atoms with Gasteiger partial charge in [0.15, 0.2) is 17.5 Å². The van der Waals surface area contributed by atoms with Crippen LogP contribution in [0, 0.1) is 0 Å². The van der Waals surface area contributed by atoms with Crippen LogP contribution in [0.5, 0.6) is 11.5 Å². The molecule has 0 aliphatic carbocycles. The summed E-state index contributed by atoms with van der Waals surface area (Å²) in [5.41, 5.74) is 0.861. The van der Waals surface area contributed by atoms with E-state index in [9.17, 15) is 4.79 Å². The van der Waals surface area contributed by atoms with E-state index in [2.05, 4.69) is 20.9 Å². The van der Waals surface area contributed by atoms with E-state index in [0.29, 0.717) is 38.7 Å². The van der Waals surface area contributed by atoms with E-state index in [4.69, 9.17) is 9.47 Å². The molecule has 0 bridgehead atoms. The minimum absolute atomic E-state index is 0.0250. The monoisotopic (exact) mass is 348 g/mol. The van der Waals surface area contributed by atoms with Gasteiger partial charge in [0.2, 0.25) is 5.91 Å². The second-order valence-electron chi connectivity index (χ2n) is 5.70. The zero-order chi connectivity index (χ0) is 17.9. The topological polar surface area (TPSA) is 84.0 Å². The van der Waals surface area contributed by atoms with Crippen molar-refractivity contribution in [3.05, 3.63) is 18.2 Å². The predicted octanol–water partition coefficient (Wildman–Crippen LogP) is 2.14. The molecular formula is C18H28N4O3. The largest absolute Gasteiger partial charge is 0.490 e. The average Bonchev–Trinajstić information content (AvgIpc) is 2.85. The van der Waals surface area contributed by atoms with Crippen LogP contribution in [0.3, 0.4) is 0 Å². The summed E-state index contributed by atoms with van der Waals surface area (Å²) in [6.45, 7) is 7.22. The first-order valence-electron chi connectivity index (χ1n) is 8.94. The molecule has 0 fully saturated rings. The number of nitrogens with zero attached hydrogens (tertiary/aromatic N) is 1. The fourth-order valence-electron chi connectivity index (χ4n) is 2.31. The van der Waals surface area contributed by atoms with Gasteiger partial charge < -0.3 is 25.4 Å². The molecule has 0 saturated carbocycles. The van der Waals surface area contributed by atoms with Crippen LogP contribution < -0.4 is 25.4 Å². The molecule has 138 valence electrons. The van der Waals surface area contributed by atoms with Crippen LogP contribution in [0.4, 0.5) is 5.69 Å². The molecule has 2 rings (SSSR count). The third kappa shape index (κ3) is 6.52. The lowest BCUT2D eigenvalue weighted by molar-refractivity contribution is -0.120. The summed E-state index contributed by atoms with van der Waals surface area (Å²) in [6, 6.07) is 5.72. The van der Waals surface area contributed by atoms with Crippen LogP contribution in [-0.2, 0) is 4.79 Å². The molecule has 3 N–H and O–H groups in total. The second kappa shape index (κ2) is 10.4. The third-order valence-electron chi connectivity index (χ3n) is 3.54. The van der Waals surface area contributed by atoms with Gasteiger partial charge in [0.05, 0.1) is 19.8 Å². The Morgan fingerprint density at radius 2 is 1.96 bits per heavy atom. The first-order chi connectivity index (χ1) is 12.2. The number of benzene rings is 1. The Morgan fingerprint density at radius 3 is 2.72 bits per heavy atom. The first kappa shape index (κ1) is 18.9.